The summed E-state index contributed by atoms with van der Waals surface area (Å²) in [5.74, 6) is 0.0838. The van der Waals surface area contributed by atoms with E-state index in [0.29, 0.717) is 13.0 Å². The van der Waals surface area contributed by atoms with Crippen molar-refractivity contribution in [2.24, 2.45) is 0 Å². The van der Waals surface area contributed by atoms with Crippen LogP contribution in [0.4, 0.5) is 0 Å². The van der Waals surface area contributed by atoms with Crippen molar-refractivity contribution in [1.82, 2.24) is 10.2 Å². The summed E-state index contributed by atoms with van der Waals surface area (Å²) in [5.41, 5.74) is 0. The van der Waals surface area contributed by atoms with Crippen LogP contribution < -0.4 is 5.32 Å². The van der Waals surface area contributed by atoms with Gasteiger partial charge in [0.2, 0.25) is 11.8 Å². The molecule has 0 saturated carbocycles. The smallest absolute Gasteiger partial charge is 0.224 e. The van der Waals surface area contributed by atoms with Gasteiger partial charge in [-0.05, 0) is 12.8 Å². The topological polar surface area (TPSA) is 49.4 Å². The van der Waals surface area contributed by atoms with E-state index in [1.165, 1.54) is 6.92 Å². The van der Waals surface area contributed by atoms with E-state index in [-0.39, 0.29) is 11.8 Å². The molecule has 0 aromatic rings. The predicted octanol–water partition coefficient (Wildman–Crippen LogP) is 0.135. The van der Waals surface area contributed by atoms with Crippen molar-refractivity contribution in [2.45, 2.75) is 26.2 Å². The molecule has 0 aromatic heterocycles. The van der Waals surface area contributed by atoms with Crippen LogP contribution in [0.2, 0.25) is 0 Å². The Labute approximate surface area is 78.3 Å². The standard InChI is InChI=1S/C9H16N2O2/c1-8(12)10-5-4-9(13)11-6-2-3-7-11/h2-7H2,1H3,(H,10,12). The maximum Gasteiger partial charge on any atom is 0.224 e. The molecule has 0 atom stereocenters. The SMILES string of the molecule is CC(=O)NCCC(=O)N1CCCC1. The Morgan fingerprint density at radius 2 is 1.92 bits per heavy atom. The minimum absolute atomic E-state index is 0.0748. The first-order valence-electron chi connectivity index (χ1n) is 4.72. The van der Waals surface area contributed by atoms with Gasteiger partial charge in [0.1, 0.15) is 0 Å². The van der Waals surface area contributed by atoms with Crippen LogP contribution in [-0.2, 0) is 9.59 Å². The highest BCUT2D eigenvalue weighted by Crippen LogP contribution is 2.08. The second kappa shape index (κ2) is 4.84. The zero-order valence-corrected chi connectivity index (χ0v) is 8.01. The highest BCUT2D eigenvalue weighted by Gasteiger charge is 2.16. The number of carbonyl (C=O) groups is 2. The first-order valence-corrected chi connectivity index (χ1v) is 4.72. The lowest BCUT2D eigenvalue weighted by molar-refractivity contribution is -0.130. The van der Waals surface area contributed by atoms with E-state index < -0.39 is 0 Å². The average molecular weight is 184 g/mol. The number of rotatable bonds is 3. The lowest BCUT2D eigenvalue weighted by Crippen LogP contribution is -2.31. The van der Waals surface area contributed by atoms with Crippen LogP contribution in [0.25, 0.3) is 0 Å². The molecule has 0 bridgehead atoms. The maximum absolute atomic E-state index is 11.4. The summed E-state index contributed by atoms with van der Waals surface area (Å²) in [6.45, 7) is 3.70. The van der Waals surface area contributed by atoms with E-state index in [4.69, 9.17) is 0 Å². The van der Waals surface area contributed by atoms with Crippen LogP contribution >= 0.6 is 0 Å². The third kappa shape index (κ3) is 3.44. The Morgan fingerprint density at radius 3 is 2.46 bits per heavy atom. The number of hydrogen-bond donors (Lipinski definition) is 1. The van der Waals surface area contributed by atoms with Gasteiger partial charge in [-0.1, -0.05) is 0 Å². The van der Waals surface area contributed by atoms with Crippen LogP contribution in [0.15, 0.2) is 0 Å². The molecule has 13 heavy (non-hydrogen) atoms. The third-order valence-electron chi connectivity index (χ3n) is 2.17. The molecule has 1 heterocycles. The average Bonchev–Trinajstić information content (AvgIpc) is 2.55. The summed E-state index contributed by atoms with van der Waals surface area (Å²) in [6.07, 6.45) is 2.66. The van der Waals surface area contributed by atoms with E-state index in [2.05, 4.69) is 5.32 Å². The molecular formula is C9H16N2O2. The van der Waals surface area contributed by atoms with E-state index in [9.17, 15) is 9.59 Å². The highest BCUT2D eigenvalue weighted by atomic mass is 16.2. The molecule has 1 N–H and O–H groups in total. The van der Waals surface area contributed by atoms with E-state index in [0.717, 1.165) is 25.9 Å². The molecule has 0 spiro atoms. The minimum atomic E-state index is -0.0748. The molecule has 1 saturated heterocycles. The molecule has 0 aliphatic carbocycles. The monoisotopic (exact) mass is 184 g/mol. The van der Waals surface area contributed by atoms with E-state index in [1.54, 1.807) is 0 Å². The summed E-state index contributed by atoms with van der Waals surface area (Å²) in [6, 6.07) is 0. The molecule has 74 valence electrons. The van der Waals surface area contributed by atoms with E-state index in [1.807, 2.05) is 4.90 Å². The normalized spacial score (nSPS) is 15.9. The summed E-state index contributed by atoms with van der Waals surface area (Å²) >= 11 is 0. The highest BCUT2D eigenvalue weighted by molar-refractivity contribution is 5.78. The van der Waals surface area contributed by atoms with Gasteiger partial charge in [-0.15, -0.1) is 0 Å². The Kier molecular flexibility index (Phi) is 3.73. The first-order chi connectivity index (χ1) is 6.20. The maximum atomic E-state index is 11.4. The summed E-state index contributed by atoms with van der Waals surface area (Å²) < 4.78 is 0. The number of nitrogens with one attached hydrogen (secondary N) is 1. The molecule has 1 aliphatic rings. The molecular weight excluding hydrogens is 168 g/mol. The fraction of sp³-hybridized carbons (Fsp3) is 0.778. The van der Waals surface area contributed by atoms with Crippen molar-refractivity contribution < 1.29 is 9.59 Å². The summed E-state index contributed by atoms with van der Waals surface area (Å²) in [7, 11) is 0. The predicted molar refractivity (Wildman–Crippen MR) is 49.1 cm³/mol. The fourth-order valence-electron chi connectivity index (χ4n) is 1.47. The molecule has 1 rings (SSSR count). The summed E-state index contributed by atoms with van der Waals surface area (Å²) in [4.78, 5) is 23.8. The number of nitrogens with zero attached hydrogens (tertiary/aromatic N) is 1. The van der Waals surface area contributed by atoms with Gasteiger partial charge in [-0.3, -0.25) is 9.59 Å². The molecule has 0 unspecified atom stereocenters. The Hall–Kier alpha value is -1.06. The zero-order valence-electron chi connectivity index (χ0n) is 8.01. The van der Waals surface area contributed by atoms with Gasteiger partial charge in [0.05, 0.1) is 0 Å². The molecule has 1 aliphatic heterocycles. The largest absolute Gasteiger partial charge is 0.356 e. The van der Waals surface area contributed by atoms with Crippen LogP contribution in [0, 0.1) is 0 Å². The van der Waals surface area contributed by atoms with Gasteiger partial charge >= 0.3 is 0 Å². The quantitative estimate of drug-likeness (QED) is 0.678. The summed E-state index contributed by atoms with van der Waals surface area (Å²) in [5, 5.41) is 2.61. The number of hydrogen-bond acceptors (Lipinski definition) is 2. The van der Waals surface area contributed by atoms with Gasteiger partial charge in [0.15, 0.2) is 0 Å². The van der Waals surface area contributed by atoms with Crippen molar-refractivity contribution >= 4 is 11.8 Å². The van der Waals surface area contributed by atoms with Crippen molar-refractivity contribution in [1.29, 1.82) is 0 Å². The van der Waals surface area contributed by atoms with Gasteiger partial charge < -0.3 is 10.2 Å². The van der Waals surface area contributed by atoms with Crippen molar-refractivity contribution in [3.05, 3.63) is 0 Å². The number of carbonyl (C=O) groups excluding carboxylic acids is 2. The van der Waals surface area contributed by atoms with E-state index >= 15 is 0 Å². The lowest BCUT2D eigenvalue weighted by atomic mass is 10.3. The molecule has 1 fully saturated rings. The fourth-order valence-corrected chi connectivity index (χ4v) is 1.47. The molecule has 2 amide bonds. The second-order valence-corrected chi connectivity index (χ2v) is 3.32. The van der Waals surface area contributed by atoms with Gasteiger partial charge in [-0.2, -0.15) is 0 Å². The lowest BCUT2D eigenvalue weighted by Gasteiger charge is -2.14. The van der Waals surface area contributed by atoms with Crippen LogP contribution in [0.5, 0.6) is 0 Å². The van der Waals surface area contributed by atoms with Crippen LogP contribution in [0.3, 0.4) is 0 Å². The zero-order chi connectivity index (χ0) is 9.68. The van der Waals surface area contributed by atoms with Crippen molar-refractivity contribution in [3.63, 3.8) is 0 Å². The number of amides is 2. The van der Waals surface area contributed by atoms with Gasteiger partial charge in [0, 0.05) is 33.0 Å². The van der Waals surface area contributed by atoms with Crippen molar-refractivity contribution in [2.75, 3.05) is 19.6 Å². The van der Waals surface area contributed by atoms with Crippen LogP contribution in [-0.4, -0.2) is 36.3 Å². The Bertz CT molecular complexity index is 198. The van der Waals surface area contributed by atoms with Crippen molar-refractivity contribution in [3.8, 4) is 0 Å². The Balaban J connectivity index is 2.13. The number of likely N-dealkylation sites (tertiary alicyclic amines) is 1. The molecule has 4 nitrogen and oxygen atoms in total. The molecule has 4 heteroatoms. The van der Waals surface area contributed by atoms with Gasteiger partial charge in [-0.25, -0.2) is 0 Å². The molecule has 0 radical (unpaired) electrons. The second-order valence-electron chi connectivity index (χ2n) is 3.32. The van der Waals surface area contributed by atoms with Gasteiger partial charge in [0.25, 0.3) is 0 Å². The van der Waals surface area contributed by atoms with Crippen LogP contribution in [0.1, 0.15) is 26.2 Å². The Morgan fingerprint density at radius 1 is 1.31 bits per heavy atom. The minimum Gasteiger partial charge on any atom is -0.356 e. The molecule has 0 aromatic carbocycles. The first kappa shape index (κ1) is 10.0. The third-order valence-corrected chi connectivity index (χ3v) is 2.17.